The Labute approximate surface area is 85.8 Å². The van der Waals surface area contributed by atoms with Crippen LogP contribution >= 0.6 is 0 Å². The summed E-state index contributed by atoms with van der Waals surface area (Å²) in [6.07, 6.45) is 4.38. The van der Waals surface area contributed by atoms with Crippen LogP contribution < -0.4 is 0 Å². The van der Waals surface area contributed by atoms with Crippen LogP contribution in [0.2, 0.25) is 0 Å². The van der Waals surface area contributed by atoms with Crippen molar-refractivity contribution >= 4 is 0 Å². The van der Waals surface area contributed by atoms with E-state index in [1.54, 1.807) is 0 Å². The fourth-order valence-corrected chi connectivity index (χ4v) is 2.33. The summed E-state index contributed by atoms with van der Waals surface area (Å²) in [5, 5.41) is 9.23. The maximum atomic E-state index is 9.23. The van der Waals surface area contributed by atoms with E-state index in [2.05, 4.69) is 24.3 Å². The molecule has 0 saturated carbocycles. The number of aliphatic hydroxyl groups excluding tert-OH is 1. The number of hydrogen-bond donors (Lipinski definition) is 1. The van der Waals surface area contributed by atoms with E-state index in [1.807, 2.05) is 6.92 Å². The van der Waals surface area contributed by atoms with Gasteiger partial charge in [0.1, 0.15) is 0 Å². The molecule has 1 aromatic rings. The van der Waals surface area contributed by atoms with Gasteiger partial charge in [-0.05, 0) is 49.7 Å². The molecule has 1 unspecified atom stereocenters. The number of rotatable bonds is 3. The zero-order chi connectivity index (χ0) is 9.97. The van der Waals surface area contributed by atoms with Gasteiger partial charge in [-0.1, -0.05) is 24.3 Å². The number of hydrogen-bond acceptors (Lipinski definition) is 1. The van der Waals surface area contributed by atoms with Crippen molar-refractivity contribution in [2.75, 3.05) is 0 Å². The van der Waals surface area contributed by atoms with Crippen LogP contribution in [-0.2, 0) is 12.8 Å². The Bertz CT molecular complexity index is 279. The number of benzene rings is 1. The molecule has 1 N–H and O–H groups in total. The summed E-state index contributed by atoms with van der Waals surface area (Å²) >= 11 is 0. The van der Waals surface area contributed by atoms with Crippen molar-refractivity contribution in [2.45, 2.75) is 38.7 Å². The molecule has 0 aliphatic heterocycles. The topological polar surface area (TPSA) is 20.2 Å². The average Bonchev–Trinajstić information content (AvgIpc) is 2.57. The quantitative estimate of drug-likeness (QED) is 0.776. The van der Waals surface area contributed by atoms with Crippen LogP contribution in [0.5, 0.6) is 0 Å². The molecule has 0 heterocycles. The second kappa shape index (κ2) is 4.14. The molecule has 14 heavy (non-hydrogen) atoms. The molecule has 0 radical (unpaired) electrons. The molecule has 0 aromatic heterocycles. The van der Waals surface area contributed by atoms with Gasteiger partial charge in [-0.25, -0.2) is 0 Å². The standard InChI is InChI=1S/C13H18O/c1-10(14)6-7-11-8-12-4-2-3-5-13(12)9-11/h2-5,10-11,14H,6-9H2,1H3. The molecule has 0 amide bonds. The molecule has 0 spiro atoms. The Morgan fingerprint density at radius 2 is 1.86 bits per heavy atom. The highest BCUT2D eigenvalue weighted by Gasteiger charge is 2.20. The van der Waals surface area contributed by atoms with Crippen molar-refractivity contribution in [1.29, 1.82) is 0 Å². The first-order chi connectivity index (χ1) is 6.75. The third-order valence-electron chi connectivity index (χ3n) is 3.13. The van der Waals surface area contributed by atoms with Crippen molar-refractivity contribution in [1.82, 2.24) is 0 Å². The van der Waals surface area contributed by atoms with Gasteiger partial charge < -0.3 is 5.11 Å². The van der Waals surface area contributed by atoms with Crippen molar-refractivity contribution < 1.29 is 5.11 Å². The van der Waals surface area contributed by atoms with Crippen molar-refractivity contribution in [3.8, 4) is 0 Å². The molecule has 0 saturated heterocycles. The van der Waals surface area contributed by atoms with Gasteiger partial charge >= 0.3 is 0 Å². The highest BCUT2D eigenvalue weighted by Crippen LogP contribution is 2.29. The number of aliphatic hydroxyl groups is 1. The first-order valence-corrected chi connectivity index (χ1v) is 5.50. The summed E-state index contributed by atoms with van der Waals surface area (Å²) in [6.45, 7) is 1.88. The summed E-state index contributed by atoms with van der Waals surface area (Å²) < 4.78 is 0. The fraction of sp³-hybridized carbons (Fsp3) is 0.538. The zero-order valence-electron chi connectivity index (χ0n) is 8.74. The van der Waals surface area contributed by atoms with E-state index in [9.17, 15) is 5.11 Å². The molecule has 0 bridgehead atoms. The Morgan fingerprint density at radius 1 is 1.29 bits per heavy atom. The lowest BCUT2D eigenvalue weighted by Gasteiger charge is -2.09. The molecule has 1 atom stereocenters. The molecule has 76 valence electrons. The Kier molecular flexibility index (Phi) is 2.87. The van der Waals surface area contributed by atoms with Gasteiger partial charge in [-0.15, -0.1) is 0 Å². The molecule has 0 fully saturated rings. The minimum absolute atomic E-state index is 0.140. The summed E-state index contributed by atoms with van der Waals surface area (Å²) in [4.78, 5) is 0. The van der Waals surface area contributed by atoms with Crippen LogP contribution in [0.25, 0.3) is 0 Å². The monoisotopic (exact) mass is 190 g/mol. The van der Waals surface area contributed by atoms with Crippen molar-refractivity contribution in [3.63, 3.8) is 0 Å². The second-order valence-corrected chi connectivity index (χ2v) is 4.47. The van der Waals surface area contributed by atoms with E-state index in [-0.39, 0.29) is 6.10 Å². The minimum atomic E-state index is -0.140. The van der Waals surface area contributed by atoms with Crippen LogP contribution in [0.15, 0.2) is 24.3 Å². The normalized spacial score (nSPS) is 18.1. The second-order valence-electron chi connectivity index (χ2n) is 4.47. The molecule has 1 heteroatoms. The third kappa shape index (κ3) is 2.16. The molecule has 2 rings (SSSR count). The summed E-state index contributed by atoms with van der Waals surface area (Å²) in [6, 6.07) is 8.71. The molecule has 1 aliphatic rings. The highest BCUT2D eigenvalue weighted by molar-refractivity contribution is 5.31. The van der Waals surface area contributed by atoms with Gasteiger partial charge in [-0.3, -0.25) is 0 Å². The van der Waals surface area contributed by atoms with E-state index in [4.69, 9.17) is 0 Å². The first kappa shape index (κ1) is 9.72. The maximum Gasteiger partial charge on any atom is 0.0512 e. The number of fused-ring (bicyclic) bond motifs is 1. The van der Waals surface area contributed by atoms with Crippen LogP contribution in [0.4, 0.5) is 0 Å². The highest BCUT2D eigenvalue weighted by atomic mass is 16.3. The van der Waals surface area contributed by atoms with Gasteiger partial charge in [0.15, 0.2) is 0 Å². The largest absolute Gasteiger partial charge is 0.393 e. The van der Waals surface area contributed by atoms with Gasteiger partial charge in [-0.2, -0.15) is 0 Å². The van der Waals surface area contributed by atoms with Crippen LogP contribution in [-0.4, -0.2) is 11.2 Å². The van der Waals surface area contributed by atoms with E-state index in [1.165, 1.54) is 24.0 Å². The Morgan fingerprint density at radius 3 is 2.36 bits per heavy atom. The van der Waals surface area contributed by atoms with Gasteiger partial charge in [0.25, 0.3) is 0 Å². The van der Waals surface area contributed by atoms with E-state index < -0.39 is 0 Å². The summed E-state index contributed by atoms with van der Waals surface area (Å²) in [5.74, 6) is 0.766. The van der Waals surface area contributed by atoms with Crippen LogP contribution in [0, 0.1) is 5.92 Å². The minimum Gasteiger partial charge on any atom is -0.393 e. The van der Waals surface area contributed by atoms with Crippen LogP contribution in [0.1, 0.15) is 30.9 Å². The summed E-state index contributed by atoms with van der Waals surface area (Å²) in [5.41, 5.74) is 3.03. The molecular formula is C13H18O. The van der Waals surface area contributed by atoms with Crippen LogP contribution in [0.3, 0.4) is 0 Å². The van der Waals surface area contributed by atoms with Gasteiger partial charge in [0.05, 0.1) is 6.10 Å². The lowest BCUT2D eigenvalue weighted by molar-refractivity contribution is 0.174. The van der Waals surface area contributed by atoms with Gasteiger partial charge in [0, 0.05) is 0 Å². The lowest BCUT2D eigenvalue weighted by Crippen LogP contribution is -2.06. The zero-order valence-corrected chi connectivity index (χ0v) is 8.74. The van der Waals surface area contributed by atoms with E-state index in [0.29, 0.717) is 0 Å². The van der Waals surface area contributed by atoms with E-state index >= 15 is 0 Å². The SMILES string of the molecule is CC(O)CCC1Cc2ccccc2C1. The molecule has 1 aromatic carbocycles. The van der Waals surface area contributed by atoms with Crippen molar-refractivity contribution in [2.24, 2.45) is 5.92 Å². The van der Waals surface area contributed by atoms with Crippen molar-refractivity contribution in [3.05, 3.63) is 35.4 Å². The molecule has 1 nitrogen and oxygen atoms in total. The van der Waals surface area contributed by atoms with Gasteiger partial charge in [0.2, 0.25) is 0 Å². The third-order valence-corrected chi connectivity index (χ3v) is 3.13. The average molecular weight is 190 g/mol. The molecular weight excluding hydrogens is 172 g/mol. The Hall–Kier alpha value is -0.820. The van der Waals surface area contributed by atoms with E-state index in [0.717, 1.165) is 18.8 Å². The fourth-order valence-electron chi connectivity index (χ4n) is 2.33. The molecule has 1 aliphatic carbocycles. The summed E-state index contributed by atoms with van der Waals surface area (Å²) in [7, 11) is 0. The lowest BCUT2D eigenvalue weighted by atomic mass is 9.98. The smallest absolute Gasteiger partial charge is 0.0512 e. The maximum absolute atomic E-state index is 9.23. The predicted molar refractivity (Wildman–Crippen MR) is 58.3 cm³/mol. The Balaban J connectivity index is 1.92. The predicted octanol–water partition coefficient (Wildman–Crippen LogP) is 2.56. The first-order valence-electron chi connectivity index (χ1n) is 5.50.